The molecular formula is C12H11F2N3. The first-order valence-electron chi connectivity index (χ1n) is 5.06. The predicted molar refractivity (Wildman–Crippen MR) is 61.3 cm³/mol. The molecule has 0 fully saturated rings. The lowest BCUT2D eigenvalue weighted by Crippen LogP contribution is -2.03. The molecule has 17 heavy (non-hydrogen) atoms. The van der Waals surface area contributed by atoms with Gasteiger partial charge in [-0.1, -0.05) is 6.07 Å². The highest BCUT2D eigenvalue weighted by Gasteiger charge is 2.15. The van der Waals surface area contributed by atoms with E-state index in [0.717, 1.165) is 6.07 Å². The van der Waals surface area contributed by atoms with E-state index in [1.165, 1.54) is 12.1 Å². The molecule has 5 heteroatoms. The van der Waals surface area contributed by atoms with Gasteiger partial charge in [0, 0.05) is 5.56 Å². The Morgan fingerprint density at radius 2 is 1.71 bits per heavy atom. The van der Waals surface area contributed by atoms with Crippen LogP contribution >= 0.6 is 0 Å². The first kappa shape index (κ1) is 11.4. The van der Waals surface area contributed by atoms with Gasteiger partial charge in [0.25, 0.3) is 0 Å². The summed E-state index contributed by atoms with van der Waals surface area (Å²) in [6.07, 6.45) is 0. The van der Waals surface area contributed by atoms with Crippen LogP contribution in [0, 0.1) is 25.5 Å². The number of rotatable bonds is 1. The molecule has 0 aliphatic heterocycles. The number of nitrogen functional groups attached to an aromatic ring is 1. The highest BCUT2D eigenvalue weighted by atomic mass is 19.2. The average Bonchev–Trinajstić information content (AvgIpc) is 2.28. The van der Waals surface area contributed by atoms with Crippen molar-refractivity contribution >= 4 is 5.82 Å². The Bertz CT molecular complexity index is 582. The first-order valence-corrected chi connectivity index (χ1v) is 5.06. The maximum atomic E-state index is 13.6. The molecule has 2 aromatic rings. The highest BCUT2D eigenvalue weighted by Crippen LogP contribution is 2.27. The maximum absolute atomic E-state index is 13.6. The fraction of sp³-hybridized carbons (Fsp3) is 0.167. The minimum Gasteiger partial charge on any atom is -0.382 e. The third kappa shape index (κ3) is 1.95. The van der Waals surface area contributed by atoms with Crippen molar-refractivity contribution in [2.45, 2.75) is 13.8 Å². The summed E-state index contributed by atoms with van der Waals surface area (Å²) in [6, 6.07) is 3.88. The quantitative estimate of drug-likeness (QED) is 0.826. The van der Waals surface area contributed by atoms with Crippen LogP contribution in [0.2, 0.25) is 0 Å². The number of hydrogen-bond donors (Lipinski definition) is 1. The van der Waals surface area contributed by atoms with Crippen LogP contribution in [0.3, 0.4) is 0 Å². The van der Waals surface area contributed by atoms with Crippen LogP contribution < -0.4 is 5.73 Å². The monoisotopic (exact) mass is 235 g/mol. The molecule has 0 saturated carbocycles. The van der Waals surface area contributed by atoms with Gasteiger partial charge in [-0.05, 0) is 26.0 Å². The average molecular weight is 235 g/mol. The zero-order valence-electron chi connectivity index (χ0n) is 9.46. The van der Waals surface area contributed by atoms with Crippen molar-refractivity contribution in [1.82, 2.24) is 9.97 Å². The zero-order chi connectivity index (χ0) is 12.6. The third-order valence-electron chi connectivity index (χ3n) is 2.54. The van der Waals surface area contributed by atoms with Crippen molar-refractivity contribution in [3.05, 3.63) is 41.2 Å². The number of aryl methyl sites for hydroxylation is 2. The van der Waals surface area contributed by atoms with E-state index >= 15 is 0 Å². The van der Waals surface area contributed by atoms with Crippen LogP contribution in [0.25, 0.3) is 11.3 Å². The molecule has 1 aromatic carbocycles. The molecule has 2 N–H and O–H groups in total. The molecule has 2 rings (SSSR count). The fourth-order valence-corrected chi connectivity index (χ4v) is 1.51. The minimum absolute atomic E-state index is 0.0260. The number of nitrogens with zero attached hydrogens (tertiary/aromatic N) is 2. The largest absolute Gasteiger partial charge is 0.382 e. The molecule has 1 heterocycles. The van der Waals surface area contributed by atoms with Crippen LogP contribution in [0.5, 0.6) is 0 Å². The smallest absolute Gasteiger partial charge is 0.168 e. The zero-order valence-corrected chi connectivity index (χ0v) is 9.46. The van der Waals surface area contributed by atoms with Gasteiger partial charge in [0.15, 0.2) is 11.6 Å². The van der Waals surface area contributed by atoms with E-state index in [0.29, 0.717) is 11.4 Å². The third-order valence-corrected chi connectivity index (χ3v) is 2.54. The lowest BCUT2D eigenvalue weighted by molar-refractivity contribution is 0.511. The molecule has 0 atom stereocenters. The summed E-state index contributed by atoms with van der Waals surface area (Å²) in [5, 5.41) is 0. The number of anilines is 1. The normalized spacial score (nSPS) is 10.6. The molecule has 88 valence electrons. The summed E-state index contributed by atoms with van der Waals surface area (Å²) < 4.78 is 26.7. The minimum atomic E-state index is -0.961. The van der Waals surface area contributed by atoms with Gasteiger partial charge in [-0.15, -0.1) is 0 Å². The molecular weight excluding hydrogens is 224 g/mol. The lowest BCUT2D eigenvalue weighted by atomic mass is 10.1. The van der Waals surface area contributed by atoms with Gasteiger partial charge >= 0.3 is 0 Å². The second kappa shape index (κ2) is 4.08. The van der Waals surface area contributed by atoms with Gasteiger partial charge in [-0.2, -0.15) is 0 Å². The molecule has 0 amide bonds. The number of aromatic nitrogens is 2. The molecule has 0 radical (unpaired) electrons. The predicted octanol–water partition coefficient (Wildman–Crippen LogP) is 2.62. The van der Waals surface area contributed by atoms with Gasteiger partial charge in [0.05, 0.1) is 11.4 Å². The Balaban J connectivity index is 2.69. The van der Waals surface area contributed by atoms with Crippen molar-refractivity contribution in [3.8, 4) is 11.3 Å². The first-order chi connectivity index (χ1) is 8.00. The van der Waals surface area contributed by atoms with Crippen LogP contribution in [-0.2, 0) is 0 Å². The standard InChI is InChI=1S/C12H11F2N3/c1-6-7(2)17-12(15)11(16-6)8-4-3-5-9(13)10(8)14/h3-5H,1-2H3,(H2,15,17). The van der Waals surface area contributed by atoms with Crippen molar-refractivity contribution in [1.29, 1.82) is 0 Å². The van der Waals surface area contributed by atoms with Crippen molar-refractivity contribution in [3.63, 3.8) is 0 Å². The van der Waals surface area contributed by atoms with Crippen LogP contribution in [-0.4, -0.2) is 9.97 Å². The Kier molecular flexibility index (Phi) is 2.75. The number of halogens is 2. The topological polar surface area (TPSA) is 51.8 Å². The van der Waals surface area contributed by atoms with E-state index in [9.17, 15) is 8.78 Å². The van der Waals surface area contributed by atoms with E-state index in [1.54, 1.807) is 13.8 Å². The molecule has 0 spiro atoms. The Morgan fingerprint density at radius 1 is 1.06 bits per heavy atom. The van der Waals surface area contributed by atoms with Gasteiger partial charge < -0.3 is 5.73 Å². The molecule has 3 nitrogen and oxygen atoms in total. The summed E-state index contributed by atoms with van der Waals surface area (Å²) in [5.74, 6) is -1.80. The molecule has 0 saturated heterocycles. The van der Waals surface area contributed by atoms with Gasteiger partial charge in [-0.3, -0.25) is 0 Å². The summed E-state index contributed by atoms with van der Waals surface area (Å²) in [7, 11) is 0. The van der Waals surface area contributed by atoms with E-state index < -0.39 is 11.6 Å². The summed E-state index contributed by atoms with van der Waals surface area (Å²) in [5.41, 5.74) is 7.18. The number of benzene rings is 1. The Morgan fingerprint density at radius 3 is 2.41 bits per heavy atom. The summed E-state index contributed by atoms with van der Waals surface area (Å²) >= 11 is 0. The van der Waals surface area contributed by atoms with Gasteiger partial charge in [0.2, 0.25) is 0 Å². The summed E-state index contributed by atoms with van der Waals surface area (Å²) in [6.45, 7) is 3.49. The van der Waals surface area contributed by atoms with Gasteiger partial charge in [-0.25, -0.2) is 18.7 Å². The summed E-state index contributed by atoms with van der Waals surface area (Å²) in [4.78, 5) is 8.20. The number of hydrogen-bond acceptors (Lipinski definition) is 3. The van der Waals surface area contributed by atoms with Crippen LogP contribution in [0.1, 0.15) is 11.4 Å². The van der Waals surface area contributed by atoms with Crippen molar-refractivity contribution in [2.24, 2.45) is 0 Å². The molecule has 0 bridgehead atoms. The highest BCUT2D eigenvalue weighted by molar-refractivity contribution is 5.70. The van der Waals surface area contributed by atoms with Crippen LogP contribution in [0.4, 0.5) is 14.6 Å². The molecule has 0 aliphatic carbocycles. The molecule has 1 aromatic heterocycles. The van der Waals surface area contributed by atoms with Crippen molar-refractivity contribution in [2.75, 3.05) is 5.73 Å². The Labute approximate surface area is 97.3 Å². The second-order valence-electron chi connectivity index (χ2n) is 3.73. The lowest BCUT2D eigenvalue weighted by Gasteiger charge is -2.08. The maximum Gasteiger partial charge on any atom is 0.168 e. The van der Waals surface area contributed by atoms with Crippen molar-refractivity contribution < 1.29 is 8.78 Å². The number of nitrogens with two attached hydrogens (primary N) is 1. The fourth-order valence-electron chi connectivity index (χ4n) is 1.51. The van der Waals surface area contributed by atoms with E-state index in [1.807, 2.05) is 0 Å². The second-order valence-corrected chi connectivity index (χ2v) is 3.73. The van der Waals surface area contributed by atoms with E-state index in [-0.39, 0.29) is 17.1 Å². The molecule has 0 aliphatic rings. The SMILES string of the molecule is Cc1nc(N)c(-c2cccc(F)c2F)nc1C. The molecule has 0 unspecified atom stereocenters. The van der Waals surface area contributed by atoms with E-state index in [4.69, 9.17) is 5.73 Å². The van der Waals surface area contributed by atoms with Gasteiger partial charge in [0.1, 0.15) is 11.5 Å². The van der Waals surface area contributed by atoms with Crippen LogP contribution in [0.15, 0.2) is 18.2 Å². The Hall–Kier alpha value is -2.04. The van der Waals surface area contributed by atoms with E-state index in [2.05, 4.69) is 9.97 Å².